The molecule has 0 radical (unpaired) electrons. The van der Waals surface area contributed by atoms with Crippen LogP contribution in [0.5, 0.6) is 5.75 Å². The van der Waals surface area contributed by atoms with E-state index >= 15 is 0 Å². The number of halogens is 1. The molecule has 6 heteroatoms. The first kappa shape index (κ1) is 21.9. The number of nitrogens with one attached hydrogen (secondary N) is 1. The van der Waals surface area contributed by atoms with Gasteiger partial charge in [0.1, 0.15) is 5.75 Å². The molecule has 5 nitrogen and oxygen atoms in total. The summed E-state index contributed by atoms with van der Waals surface area (Å²) in [4.78, 5) is 26.7. The van der Waals surface area contributed by atoms with Crippen LogP contribution in [-0.4, -0.2) is 47.4 Å². The molecule has 0 bridgehead atoms. The minimum atomic E-state index is -0.00598. The summed E-state index contributed by atoms with van der Waals surface area (Å²) in [5.74, 6) is 0.280. The number of aromatic hydroxyl groups is 1. The Bertz CT molecular complexity index is 757. The topological polar surface area (TPSA) is 69.6 Å². The maximum Gasteiger partial charge on any atom is 0.251 e. The number of likely N-dealkylation sites (tertiary alicyclic amines) is 1. The van der Waals surface area contributed by atoms with E-state index in [1.807, 2.05) is 30.3 Å². The highest BCUT2D eigenvalue weighted by molar-refractivity contribution is 5.96. The molecule has 0 atom stereocenters. The molecule has 1 amide bonds. The molecule has 1 aliphatic heterocycles. The number of phenolic OH excluding ortho intramolecular Hbond substituents is 1. The van der Waals surface area contributed by atoms with Crippen molar-refractivity contribution in [3.05, 3.63) is 65.7 Å². The van der Waals surface area contributed by atoms with Gasteiger partial charge < -0.3 is 15.3 Å². The summed E-state index contributed by atoms with van der Waals surface area (Å²) >= 11 is 0. The zero-order chi connectivity index (χ0) is 19.1. The number of carbonyl (C=O) groups is 2. The fraction of sp³-hybridized carbons (Fsp3) is 0.364. The summed E-state index contributed by atoms with van der Waals surface area (Å²) in [5, 5.41) is 12.4. The molecule has 1 fully saturated rings. The molecule has 0 saturated carbocycles. The second kappa shape index (κ2) is 10.8. The molecule has 1 saturated heterocycles. The lowest BCUT2D eigenvalue weighted by atomic mass is 10.0. The van der Waals surface area contributed by atoms with Crippen LogP contribution in [0.2, 0.25) is 0 Å². The molecule has 2 aromatic rings. The number of Topliss-reactive ketones (excluding diaryl/α,β-unsaturated/α-hetero) is 1. The van der Waals surface area contributed by atoms with Crippen LogP contribution >= 0.6 is 12.4 Å². The SMILES string of the molecule is Cl.O=C(CCCN1CCC(NC(=O)c2ccccc2)CC1)c1ccc(O)cc1. The van der Waals surface area contributed by atoms with Crippen LogP contribution in [0.3, 0.4) is 0 Å². The van der Waals surface area contributed by atoms with Crippen molar-refractivity contribution in [1.82, 2.24) is 10.2 Å². The normalized spacial score (nSPS) is 14.9. The van der Waals surface area contributed by atoms with E-state index in [4.69, 9.17) is 0 Å². The van der Waals surface area contributed by atoms with Crippen LogP contribution in [0.1, 0.15) is 46.4 Å². The minimum Gasteiger partial charge on any atom is -0.508 e. The lowest BCUT2D eigenvalue weighted by molar-refractivity contribution is 0.0903. The smallest absolute Gasteiger partial charge is 0.251 e. The Morgan fingerprint density at radius 1 is 0.964 bits per heavy atom. The van der Waals surface area contributed by atoms with Crippen molar-refractivity contribution in [2.24, 2.45) is 0 Å². The lowest BCUT2D eigenvalue weighted by Gasteiger charge is -2.32. The fourth-order valence-corrected chi connectivity index (χ4v) is 3.41. The van der Waals surface area contributed by atoms with E-state index in [0.29, 0.717) is 17.5 Å². The number of rotatable bonds is 7. The summed E-state index contributed by atoms with van der Waals surface area (Å²) in [6, 6.07) is 15.9. The van der Waals surface area contributed by atoms with E-state index in [9.17, 15) is 14.7 Å². The van der Waals surface area contributed by atoms with Crippen molar-refractivity contribution in [2.75, 3.05) is 19.6 Å². The Morgan fingerprint density at radius 3 is 2.25 bits per heavy atom. The molecular weight excluding hydrogens is 376 g/mol. The lowest BCUT2D eigenvalue weighted by Crippen LogP contribution is -2.44. The van der Waals surface area contributed by atoms with E-state index in [-0.39, 0.29) is 35.9 Å². The molecule has 1 heterocycles. The molecular formula is C22H27ClN2O3. The van der Waals surface area contributed by atoms with Crippen LogP contribution in [-0.2, 0) is 0 Å². The van der Waals surface area contributed by atoms with Crippen molar-refractivity contribution in [3.8, 4) is 5.75 Å². The largest absolute Gasteiger partial charge is 0.508 e. The molecule has 1 aliphatic rings. The summed E-state index contributed by atoms with van der Waals surface area (Å²) in [5.41, 5.74) is 1.35. The first-order valence-corrected chi connectivity index (χ1v) is 9.52. The van der Waals surface area contributed by atoms with Gasteiger partial charge >= 0.3 is 0 Å². The van der Waals surface area contributed by atoms with E-state index < -0.39 is 0 Å². The number of carbonyl (C=O) groups excluding carboxylic acids is 2. The fourth-order valence-electron chi connectivity index (χ4n) is 3.41. The second-order valence-electron chi connectivity index (χ2n) is 7.03. The number of hydrogen-bond acceptors (Lipinski definition) is 4. The van der Waals surface area contributed by atoms with E-state index in [1.54, 1.807) is 24.3 Å². The third-order valence-corrected chi connectivity index (χ3v) is 5.03. The van der Waals surface area contributed by atoms with Crippen molar-refractivity contribution >= 4 is 24.1 Å². The van der Waals surface area contributed by atoms with Crippen LogP contribution < -0.4 is 5.32 Å². The summed E-state index contributed by atoms with van der Waals surface area (Å²) in [6.45, 7) is 2.77. The summed E-state index contributed by atoms with van der Waals surface area (Å²) in [6.07, 6.45) is 3.20. The second-order valence-corrected chi connectivity index (χ2v) is 7.03. The first-order chi connectivity index (χ1) is 13.1. The van der Waals surface area contributed by atoms with Crippen molar-refractivity contribution in [2.45, 2.75) is 31.7 Å². The number of piperidine rings is 1. The Morgan fingerprint density at radius 2 is 1.61 bits per heavy atom. The molecule has 28 heavy (non-hydrogen) atoms. The molecule has 0 aromatic heterocycles. The highest BCUT2D eigenvalue weighted by Crippen LogP contribution is 2.15. The maximum atomic E-state index is 12.2. The minimum absolute atomic E-state index is 0. The van der Waals surface area contributed by atoms with E-state index in [1.165, 1.54) is 0 Å². The quantitative estimate of drug-likeness (QED) is 0.693. The van der Waals surface area contributed by atoms with Gasteiger partial charge in [-0.3, -0.25) is 9.59 Å². The van der Waals surface area contributed by atoms with Crippen molar-refractivity contribution < 1.29 is 14.7 Å². The number of amides is 1. The molecule has 0 spiro atoms. The first-order valence-electron chi connectivity index (χ1n) is 9.52. The predicted molar refractivity (Wildman–Crippen MR) is 112 cm³/mol. The summed E-state index contributed by atoms with van der Waals surface area (Å²) < 4.78 is 0. The third-order valence-electron chi connectivity index (χ3n) is 5.03. The van der Waals surface area contributed by atoms with Gasteiger partial charge in [-0.1, -0.05) is 18.2 Å². The zero-order valence-electron chi connectivity index (χ0n) is 15.8. The number of hydrogen-bond donors (Lipinski definition) is 2. The van der Waals surface area contributed by atoms with Crippen molar-refractivity contribution in [1.29, 1.82) is 0 Å². The Labute approximate surface area is 172 Å². The van der Waals surface area contributed by atoms with Gasteiger partial charge in [0.25, 0.3) is 5.91 Å². The van der Waals surface area contributed by atoms with Gasteiger partial charge in [0.15, 0.2) is 5.78 Å². The van der Waals surface area contributed by atoms with Gasteiger partial charge in [0.05, 0.1) is 0 Å². The Balaban J connectivity index is 0.00000280. The Kier molecular flexibility index (Phi) is 8.48. The van der Waals surface area contributed by atoms with Gasteiger partial charge in [-0.2, -0.15) is 0 Å². The highest BCUT2D eigenvalue weighted by Gasteiger charge is 2.21. The average molecular weight is 403 g/mol. The zero-order valence-corrected chi connectivity index (χ0v) is 16.7. The number of phenols is 1. The number of ketones is 1. The van der Waals surface area contributed by atoms with Crippen LogP contribution in [0, 0.1) is 0 Å². The monoisotopic (exact) mass is 402 g/mol. The number of benzene rings is 2. The molecule has 0 unspecified atom stereocenters. The molecule has 2 N–H and O–H groups in total. The van der Waals surface area contributed by atoms with Crippen molar-refractivity contribution in [3.63, 3.8) is 0 Å². The van der Waals surface area contributed by atoms with E-state index in [2.05, 4.69) is 10.2 Å². The van der Waals surface area contributed by atoms with Gasteiger partial charge in [0, 0.05) is 36.7 Å². The Hall–Kier alpha value is -2.37. The summed E-state index contributed by atoms with van der Waals surface area (Å²) in [7, 11) is 0. The molecule has 3 rings (SSSR count). The van der Waals surface area contributed by atoms with Crippen LogP contribution in [0.15, 0.2) is 54.6 Å². The third kappa shape index (κ3) is 6.36. The van der Waals surface area contributed by atoms with E-state index in [0.717, 1.165) is 38.9 Å². The van der Waals surface area contributed by atoms with Gasteiger partial charge in [-0.05, 0) is 62.2 Å². The average Bonchev–Trinajstić information content (AvgIpc) is 2.70. The van der Waals surface area contributed by atoms with Gasteiger partial charge in [0.2, 0.25) is 0 Å². The predicted octanol–water partition coefficient (Wildman–Crippen LogP) is 3.67. The maximum absolute atomic E-state index is 12.2. The standard InChI is InChI=1S/C22H26N2O3.ClH/c25-20-10-8-17(9-11-20)21(26)7-4-14-24-15-12-19(13-16-24)23-22(27)18-5-2-1-3-6-18;/h1-3,5-6,8-11,19,25H,4,7,12-16H2,(H,23,27);1H. The molecule has 2 aromatic carbocycles. The number of nitrogens with zero attached hydrogens (tertiary/aromatic N) is 1. The van der Waals surface area contributed by atoms with Gasteiger partial charge in [-0.25, -0.2) is 0 Å². The molecule has 0 aliphatic carbocycles. The van der Waals surface area contributed by atoms with Crippen LogP contribution in [0.25, 0.3) is 0 Å². The highest BCUT2D eigenvalue weighted by atomic mass is 35.5. The molecule has 150 valence electrons. The van der Waals surface area contributed by atoms with Gasteiger partial charge in [-0.15, -0.1) is 12.4 Å². The van der Waals surface area contributed by atoms with Crippen LogP contribution in [0.4, 0.5) is 0 Å².